The van der Waals surface area contributed by atoms with Gasteiger partial charge in [0.1, 0.15) is 0 Å². The van der Waals surface area contributed by atoms with E-state index in [1.165, 1.54) is 0 Å². The molecule has 5 nitrogen and oxygen atoms in total. The Kier molecular flexibility index (Phi) is 4.07. The van der Waals surface area contributed by atoms with Crippen molar-refractivity contribution in [1.29, 1.82) is 0 Å². The van der Waals surface area contributed by atoms with Crippen molar-refractivity contribution in [3.8, 4) is 0 Å². The topological polar surface area (TPSA) is 45.7 Å². The van der Waals surface area contributed by atoms with Crippen LogP contribution >= 0.6 is 0 Å². The van der Waals surface area contributed by atoms with Gasteiger partial charge in [-0.3, -0.25) is 14.7 Å². The Bertz CT molecular complexity index is 585. The molecule has 0 spiro atoms. The van der Waals surface area contributed by atoms with Gasteiger partial charge < -0.3 is 9.64 Å². The lowest BCUT2D eigenvalue weighted by molar-refractivity contribution is -0.137. The Morgan fingerprint density at radius 1 is 1.30 bits per heavy atom. The second kappa shape index (κ2) is 6.21. The fraction of sp³-hybridized carbons (Fsp3) is 0.667. The summed E-state index contributed by atoms with van der Waals surface area (Å²) in [5.74, 6) is 0.388. The van der Waals surface area contributed by atoms with Gasteiger partial charge in [0.25, 0.3) is 0 Å². The van der Waals surface area contributed by atoms with Crippen LogP contribution in [0.4, 0.5) is 0 Å². The molecule has 0 aliphatic carbocycles. The first-order chi connectivity index (χ1) is 11.2. The molecule has 23 heavy (non-hydrogen) atoms. The van der Waals surface area contributed by atoms with E-state index in [0.29, 0.717) is 5.91 Å². The SMILES string of the molecule is Cc1cccc(CN2C[C@H]3C[C@H](C(=O)N4CCCC4)[C@@H](C2)O3)n1. The molecule has 4 rings (SSSR count). The number of morpholine rings is 1. The van der Waals surface area contributed by atoms with Crippen LogP contribution in [0.2, 0.25) is 0 Å². The number of ether oxygens (including phenoxy) is 1. The molecule has 1 amide bonds. The zero-order valence-electron chi connectivity index (χ0n) is 13.8. The molecule has 0 saturated carbocycles. The number of rotatable bonds is 3. The number of carbonyl (C=O) groups is 1. The van der Waals surface area contributed by atoms with E-state index in [4.69, 9.17) is 4.74 Å². The smallest absolute Gasteiger partial charge is 0.228 e. The highest BCUT2D eigenvalue weighted by Crippen LogP contribution is 2.34. The van der Waals surface area contributed by atoms with Crippen LogP contribution < -0.4 is 0 Å². The van der Waals surface area contributed by atoms with E-state index in [-0.39, 0.29) is 18.1 Å². The fourth-order valence-electron chi connectivity index (χ4n) is 4.22. The van der Waals surface area contributed by atoms with Gasteiger partial charge in [-0.1, -0.05) is 6.07 Å². The minimum Gasteiger partial charge on any atom is -0.371 e. The van der Waals surface area contributed by atoms with E-state index < -0.39 is 0 Å². The molecule has 3 aliphatic heterocycles. The molecule has 2 bridgehead atoms. The Balaban J connectivity index is 1.41. The molecule has 124 valence electrons. The zero-order chi connectivity index (χ0) is 15.8. The predicted octanol–water partition coefficient (Wildman–Crippen LogP) is 1.60. The Morgan fingerprint density at radius 2 is 2.13 bits per heavy atom. The molecule has 3 saturated heterocycles. The highest BCUT2D eigenvalue weighted by Gasteiger charge is 2.46. The van der Waals surface area contributed by atoms with Crippen LogP contribution in [-0.2, 0) is 16.1 Å². The molecule has 3 fully saturated rings. The number of hydrogen-bond donors (Lipinski definition) is 0. The number of pyridine rings is 1. The predicted molar refractivity (Wildman–Crippen MR) is 86.8 cm³/mol. The molecule has 3 aliphatic rings. The molecule has 5 heteroatoms. The van der Waals surface area contributed by atoms with Crippen LogP contribution in [0.1, 0.15) is 30.7 Å². The van der Waals surface area contributed by atoms with Crippen LogP contribution in [0.3, 0.4) is 0 Å². The first-order valence-electron chi connectivity index (χ1n) is 8.78. The number of carbonyl (C=O) groups excluding carboxylic acids is 1. The summed E-state index contributed by atoms with van der Waals surface area (Å²) >= 11 is 0. The lowest BCUT2D eigenvalue weighted by atomic mass is 9.99. The van der Waals surface area contributed by atoms with Gasteiger partial charge in [0.15, 0.2) is 0 Å². The van der Waals surface area contributed by atoms with Crippen LogP contribution in [0.5, 0.6) is 0 Å². The summed E-state index contributed by atoms with van der Waals surface area (Å²) in [6.07, 6.45) is 3.45. The van der Waals surface area contributed by atoms with Crippen LogP contribution in [-0.4, -0.2) is 59.1 Å². The molecule has 1 aromatic rings. The van der Waals surface area contributed by atoms with Crippen molar-refractivity contribution < 1.29 is 9.53 Å². The number of nitrogens with zero attached hydrogens (tertiary/aromatic N) is 3. The summed E-state index contributed by atoms with van der Waals surface area (Å²) in [6.45, 7) is 6.50. The minimum atomic E-state index is 0.0617. The monoisotopic (exact) mass is 315 g/mol. The molecule has 3 atom stereocenters. The van der Waals surface area contributed by atoms with E-state index in [1.54, 1.807) is 0 Å². The average Bonchev–Trinajstić information content (AvgIpc) is 3.15. The van der Waals surface area contributed by atoms with Gasteiger partial charge in [-0.25, -0.2) is 0 Å². The average molecular weight is 315 g/mol. The second-order valence-corrected chi connectivity index (χ2v) is 7.14. The van der Waals surface area contributed by atoms with E-state index in [2.05, 4.69) is 22.0 Å². The van der Waals surface area contributed by atoms with Gasteiger partial charge in [-0.2, -0.15) is 0 Å². The Labute approximate surface area is 137 Å². The number of fused-ring (bicyclic) bond motifs is 2. The molecule has 0 aromatic carbocycles. The molecular weight excluding hydrogens is 290 g/mol. The largest absolute Gasteiger partial charge is 0.371 e. The third-order valence-electron chi connectivity index (χ3n) is 5.30. The molecule has 1 aromatic heterocycles. The lowest BCUT2D eigenvalue weighted by Gasteiger charge is -2.33. The molecule has 0 radical (unpaired) electrons. The fourth-order valence-corrected chi connectivity index (χ4v) is 4.22. The summed E-state index contributed by atoms with van der Waals surface area (Å²) in [6, 6.07) is 6.17. The highest BCUT2D eigenvalue weighted by molar-refractivity contribution is 5.80. The number of aromatic nitrogens is 1. The third kappa shape index (κ3) is 3.12. The maximum absolute atomic E-state index is 12.7. The highest BCUT2D eigenvalue weighted by atomic mass is 16.5. The van der Waals surface area contributed by atoms with Crippen molar-refractivity contribution in [2.45, 2.75) is 44.9 Å². The standard InChI is InChI=1S/C18H25N3O2/c1-13-5-4-6-14(19-13)10-20-11-15-9-16(17(12-20)23-15)18(22)21-7-2-3-8-21/h4-6,15-17H,2-3,7-12H2,1H3/t15-,16+,17-/m1/s1. The maximum atomic E-state index is 12.7. The van der Waals surface area contributed by atoms with Crippen molar-refractivity contribution in [3.63, 3.8) is 0 Å². The van der Waals surface area contributed by atoms with Gasteiger partial charge in [-0.15, -0.1) is 0 Å². The van der Waals surface area contributed by atoms with Crippen molar-refractivity contribution in [1.82, 2.24) is 14.8 Å². The van der Waals surface area contributed by atoms with Crippen molar-refractivity contribution >= 4 is 5.91 Å². The number of hydrogen-bond acceptors (Lipinski definition) is 4. The van der Waals surface area contributed by atoms with Crippen molar-refractivity contribution in [3.05, 3.63) is 29.6 Å². The van der Waals surface area contributed by atoms with Crippen LogP contribution in [0.15, 0.2) is 18.2 Å². The molecule has 0 N–H and O–H groups in total. The zero-order valence-corrected chi connectivity index (χ0v) is 13.8. The number of aryl methyl sites for hydroxylation is 1. The van der Waals surface area contributed by atoms with E-state index in [9.17, 15) is 4.79 Å². The summed E-state index contributed by atoms with van der Waals surface area (Å²) in [5, 5.41) is 0. The first kappa shape index (κ1) is 15.1. The molecular formula is C18H25N3O2. The molecule has 0 unspecified atom stereocenters. The summed E-state index contributed by atoms with van der Waals surface area (Å²) in [4.78, 5) is 21.8. The second-order valence-electron chi connectivity index (χ2n) is 7.14. The van der Waals surface area contributed by atoms with Gasteiger partial charge in [-0.05, 0) is 38.3 Å². The van der Waals surface area contributed by atoms with Crippen LogP contribution in [0.25, 0.3) is 0 Å². The normalized spacial score (nSPS) is 30.8. The van der Waals surface area contributed by atoms with Gasteiger partial charge in [0, 0.05) is 38.4 Å². The van der Waals surface area contributed by atoms with E-state index >= 15 is 0 Å². The lowest BCUT2D eigenvalue weighted by Crippen LogP contribution is -2.45. The van der Waals surface area contributed by atoms with Crippen molar-refractivity contribution in [2.24, 2.45) is 5.92 Å². The van der Waals surface area contributed by atoms with E-state index in [0.717, 1.165) is 63.4 Å². The molecule has 4 heterocycles. The Morgan fingerprint density at radius 3 is 2.91 bits per heavy atom. The van der Waals surface area contributed by atoms with Gasteiger partial charge in [0.2, 0.25) is 5.91 Å². The van der Waals surface area contributed by atoms with Crippen molar-refractivity contribution in [2.75, 3.05) is 26.2 Å². The first-order valence-corrected chi connectivity index (χ1v) is 8.78. The summed E-state index contributed by atoms with van der Waals surface area (Å²) in [5.41, 5.74) is 2.16. The van der Waals surface area contributed by atoms with E-state index in [1.807, 2.05) is 17.9 Å². The van der Waals surface area contributed by atoms with Gasteiger partial charge >= 0.3 is 0 Å². The Hall–Kier alpha value is -1.46. The minimum absolute atomic E-state index is 0.0617. The summed E-state index contributed by atoms with van der Waals surface area (Å²) in [7, 11) is 0. The summed E-state index contributed by atoms with van der Waals surface area (Å²) < 4.78 is 6.07. The van der Waals surface area contributed by atoms with Gasteiger partial charge in [0.05, 0.1) is 23.8 Å². The van der Waals surface area contributed by atoms with Crippen LogP contribution in [0, 0.1) is 12.8 Å². The maximum Gasteiger partial charge on any atom is 0.228 e. The number of amides is 1. The number of likely N-dealkylation sites (tertiary alicyclic amines) is 2. The quantitative estimate of drug-likeness (QED) is 0.850. The third-order valence-corrected chi connectivity index (χ3v) is 5.30.